The number of halogens is 1. The van der Waals surface area contributed by atoms with E-state index in [1.807, 2.05) is 4.90 Å². The Balaban J connectivity index is 1.49. The molecule has 24 heavy (non-hydrogen) atoms. The van der Waals surface area contributed by atoms with Crippen LogP contribution in [0.15, 0.2) is 18.2 Å². The summed E-state index contributed by atoms with van der Waals surface area (Å²) < 4.78 is 10.7. The lowest BCUT2D eigenvalue weighted by Crippen LogP contribution is -2.41. The summed E-state index contributed by atoms with van der Waals surface area (Å²) in [4.78, 5) is 26.2. The monoisotopic (exact) mass is 351 g/mol. The Morgan fingerprint density at radius 3 is 2.50 bits per heavy atom. The molecule has 0 radical (unpaired) electrons. The molecule has 0 N–H and O–H groups in total. The molecule has 5 nitrogen and oxygen atoms in total. The summed E-state index contributed by atoms with van der Waals surface area (Å²) in [5, 5.41) is 0.578. The first-order valence-corrected chi connectivity index (χ1v) is 8.74. The summed E-state index contributed by atoms with van der Waals surface area (Å²) in [6.45, 7) is 1.44. The Morgan fingerprint density at radius 1 is 1.17 bits per heavy atom. The highest BCUT2D eigenvalue weighted by molar-refractivity contribution is 6.30. The number of ether oxygens (including phenoxy) is 2. The van der Waals surface area contributed by atoms with Gasteiger partial charge in [-0.2, -0.15) is 0 Å². The van der Waals surface area contributed by atoms with Crippen molar-refractivity contribution in [2.45, 2.75) is 32.3 Å². The van der Waals surface area contributed by atoms with Gasteiger partial charge in [0.25, 0.3) is 0 Å². The standard InChI is InChI=1S/C18H22ClNO4/c1-23-16-5-4-15(19)10-14(16)11-24-18(22)13-6-8-20(9-7-13)17(21)12-2-3-12/h4-5,10,12-13H,2-3,6-9,11H2,1H3. The molecule has 1 heterocycles. The van der Waals surface area contributed by atoms with E-state index < -0.39 is 0 Å². The van der Waals surface area contributed by atoms with Gasteiger partial charge in [-0.05, 0) is 43.9 Å². The number of likely N-dealkylation sites (tertiary alicyclic amines) is 1. The molecule has 1 saturated heterocycles. The number of amides is 1. The van der Waals surface area contributed by atoms with Crippen LogP contribution in [0.25, 0.3) is 0 Å². The van der Waals surface area contributed by atoms with E-state index in [0.29, 0.717) is 36.7 Å². The molecule has 1 aromatic carbocycles. The molecule has 0 atom stereocenters. The van der Waals surface area contributed by atoms with Crippen LogP contribution in [-0.2, 0) is 20.9 Å². The number of carbonyl (C=O) groups excluding carboxylic acids is 2. The molecule has 6 heteroatoms. The van der Waals surface area contributed by atoms with E-state index in [-0.39, 0.29) is 30.3 Å². The van der Waals surface area contributed by atoms with Gasteiger partial charge in [0.1, 0.15) is 12.4 Å². The second-order valence-electron chi connectivity index (χ2n) is 6.44. The van der Waals surface area contributed by atoms with Crippen LogP contribution in [0.5, 0.6) is 5.75 Å². The summed E-state index contributed by atoms with van der Waals surface area (Å²) in [6.07, 6.45) is 3.37. The van der Waals surface area contributed by atoms with Crippen molar-refractivity contribution < 1.29 is 19.1 Å². The van der Waals surface area contributed by atoms with Gasteiger partial charge in [-0.1, -0.05) is 11.6 Å². The van der Waals surface area contributed by atoms with Gasteiger partial charge >= 0.3 is 5.97 Å². The molecule has 1 saturated carbocycles. The molecular weight excluding hydrogens is 330 g/mol. The quantitative estimate of drug-likeness (QED) is 0.765. The maximum absolute atomic E-state index is 12.3. The van der Waals surface area contributed by atoms with E-state index in [0.717, 1.165) is 18.4 Å². The smallest absolute Gasteiger partial charge is 0.309 e. The zero-order valence-electron chi connectivity index (χ0n) is 13.8. The van der Waals surface area contributed by atoms with Gasteiger partial charge in [-0.25, -0.2) is 0 Å². The molecule has 3 rings (SSSR count). The van der Waals surface area contributed by atoms with Gasteiger partial charge in [0.2, 0.25) is 5.91 Å². The number of nitrogens with zero attached hydrogens (tertiary/aromatic N) is 1. The zero-order valence-corrected chi connectivity index (χ0v) is 14.6. The first-order valence-electron chi connectivity index (χ1n) is 8.36. The van der Waals surface area contributed by atoms with E-state index in [4.69, 9.17) is 21.1 Å². The molecule has 2 aliphatic rings. The fourth-order valence-electron chi connectivity index (χ4n) is 3.05. The number of piperidine rings is 1. The summed E-state index contributed by atoms with van der Waals surface area (Å²) in [5.74, 6) is 0.792. The number of esters is 1. The predicted molar refractivity (Wildman–Crippen MR) is 89.8 cm³/mol. The van der Waals surface area contributed by atoms with Crippen LogP contribution >= 0.6 is 11.6 Å². The Labute approximate surface area is 146 Å². The van der Waals surface area contributed by atoms with Crippen LogP contribution in [0.1, 0.15) is 31.2 Å². The van der Waals surface area contributed by atoms with Gasteiger partial charge in [-0.3, -0.25) is 9.59 Å². The first kappa shape index (κ1) is 17.1. The largest absolute Gasteiger partial charge is 0.496 e. The van der Waals surface area contributed by atoms with E-state index >= 15 is 0 Å². The van der Waals surface area contributed by atoms with Crippen molar-refractivity contribution >= 4 is 23.5 Å². The summed E-state index contributed by atoms with van der Waals surface area (Å²) in [5.41, 5.74) is 0.750. The third kappa shape index (κ3) is 4.01. The highest BCUT2D eigenvalue weighted by Crippen LogP contribution is 2.32. The van der Waals surface area contributed by atoms with E-state index in [1.165, 1.54) is 0 Å². The van der Waals surface area contributed by atoms with Crippen molar-refractivity contribution in [2.75, 3.05) is 20.2 Å². The predicted octanol–water partition coefficient (Wildman–Crippen LogP) is 3.04. The van der Waals surface area contributed by atoms with Gasteiger partial charge in [-0.15, -0.1) is 0 Å². The topological polar surface area (TPSA) is 55.8 Å². The second-order valence-corrected chi connectivity index (χ2v) is 6.87. The number of carbonyl (C=O) groups is 2. The van der Waals surface area contributed by atoms with E-state index in [9.17, 15) is 9.59 Å². The van der Waals surface area contributed by atoms with Crippen molar-refractivity contribution in [3.63, 3.8) is 0 Å². The number of methoxy groups -OCH3 is 1. The molecule has 1 aromatic rings. The Kier molecular flexibility index (Phi) is 5.29. The number of rotatable bonds is 5. The normalized spacial score (nSPS) is 18.3. The first-order chi connectivity index (χ1) is 11.6. The third-order valence-electron chi connectivity index (χ3n) is 4.68. The molecule has 0 unspecified atom stereocenters. The van der Waals surface area contributed by atoms with Gasteiger partial charge < -0.3 is 14.4 Å². The van der Waals surface area contributed by atoms with Crippen molar-refractivity contribution in [1.82, 2.24) is 4.90 Å². The summed E-state index contributed by atoms with van der Waals surface area (Å²) in [6, 6.07) is 5.23. The van der Waals surface area contributed by atoms with Gasteiger partial charge in [0.05, 0.1) is 13.0 Å². The van der Waals surface area contributed by atoms with Crippen molar-refractivity contribution in [3.05, 3.63) is 28.8 Å². The molecule has 1 aliphatic carbocycles. The lowest BCUT2D eigenvalue weighted by molar-refractivity contribution is -0.153. The Hall–Kier alpha value is -1.75. The average Bonchev–Trinajstić information content (AvgIpc) is 3.44. The number of hydrogen-bond acceptors (Lipinski definition) is 4. The number of hydrogen-bond donors (Lipinski definition) is 0. The summed E-state index contributed by atoms with van der Waals surface area (Å²) in [7, 11) is 1.57. The van der Waals surface area contributed by atoms with Crippen LogP contribution in [0.2, 0.25) is 5.02 Å². The average molecular weight is 352 g/mol. The molecule has 2 fully saturated rings. The number of benzene rings is 1. The highest BCUT2D eigenvalue weighted by atomic mass is 35.5. The van der Waals surface area contributed by atoms with E-state index in [2.05, 4.69) is 0 Å². The highest BCUT2D eigenvalue weighted by Gasteiger charge is 2.36. The second kappa shape index (κ2) is 7.43. The molecule has 1 amide bonds. The van der Waals surface area contributed by atoms with E-state index in [1.54, 1.807) is 25.3 Å². The molecule has 0 spiro atoms. The van der Waals surface area contributed by atoms with Gasteiger partial charge in [0.15, 0.2) is 0 Å². The van der Waals surface area contributed by atoms with Crippen molar-refractivity contribution in [2.24, 2.45) is 11.8 Å². The molecule has 0 aromatic heterocycles. The lowest BCUT2D eigenvalue weighted by atomic mass is 9.96. The molecule has 130 valence electrons. The maximum Gasteiger partial charge on any atom is 0.309 e. The van der Waals surface area contributed by atoms with Crippen LogP contribution in [0.3, 0.4) is 0 Å². The van der Waals surface area contributed by atoms with Crippen LogP contribution < -0.4 is 4.74 Å². The van der Waals surface area contributed by atoms with Crippen molar-refractivity contribution in [1.29, 1.82) is 0 Å². The lowest BCUT2D eigenvalue weighted by Gasteiger charge is -2.31. The van der Waals surface area contributed by atoms with Crippen molar-refractivity contribution in [3.8, 4) is 5.75 Å². The Bertz CT molecular complexity index is 621. The minimum atomic E-state index is -0.212. The Morgan fingerprint density at radius 2 is 1.88 bits per heavy atom. The minimum Gasteiger partial charge on any atom is -0.496 e. The SMILES string of the molecule is COc1ccc(Cl)cc1COC(=O)C1CCN(C(=O)C2CC2)CC1. The van der Waals surface area contributed by atoms with Crippen LogP contribution in [0, 0.1) is 11.8 Å². The molecule has 0 bridgehead atoms. The fraction of sp³-hybridized carbons (Fsp3) is 0.556. The van der Waals surface area contributed by atoms with Crippen LogP contribution in [0.4, 0.5) is 0 Å². The summed E-state index contributed by atoms with van der Waals surface area (Å²) >= 11 is 5.98. The van der Waals surface area contributed by atoms with Crippen LogP contribution in [-0.4, -0.2) is 37.0 Å². The molecule has 1 aliphatic heterocycles. The fourth-order valence-corrected chi connectivity index (χ4v) is 3.25. The minimum absolute atomic E-state index is 0.140. The zero-order chi connectivity index (χ0) is 17.1. The third-order valence-corrected chi connectivity index (χ3v) is 4.91. The van der Waals surface area contributed by atoms with Gasteiger partial charge in [0, 0.05) is 29.6 Å². The molecular formula is C18H22ClNO4. The maximum atomic E-state index is 12.3.